The third kappa shape index (κ3) is 4.99. The molecule has 0 spiro atoms. The van der Waals surface area contributed by atoms with Gasteiger partial charge in [-0.3, -0.25) is 9.69 Å². The predicted molar refractivity (Wildman–Crippen MR) is 93.5 cm³/mol. The zero-order chi connectivity index (χ0) is 16.1. The fourth-order valence-electron chi connectivity index (χ4n) is 3.52. The first-order chi connectivity index (χ1) is 11.2. The Labute approximate surface area is 143 Å². The van der Waals surface area contributed by atoms with Crippen LogP contribution in [0.15, 0.2) is 5.38 Å². The number of piperazine rings is 1. The van der Waals surface area contributed by atoms with Crippen LogP contribution in [-0.4, -0.2) is 60.0 Å². The second-order valence-electron chi connectivity index (χ2n) is 6.75. The van der Waals surface area contributed by atoms with E-state index in [0.717, 1.165) is 75.3 Å². The van der Waals surface area contributed by atoms with Crippen LogP contribution in [-0.2, 0) is 11.3 Å². The van der Waals surface area contributed by atoms with Crippen molar-refractivity contribution in [1.29, 1.82) is 0 Å². The van der Waals surface area contributed by atoms with Gasteiger partial charge in [0.05, 0.1) is 10.7 Å². The lowest BCUT2D eigenvalue weighted by Gasteiger charge is -2.34. The van der Waals surface area contributed by atoms with Gasteiger partial charge < -0.3 is 10.2 Å². The Morgan fingerprint density at radius 3 is 2.70 bits per heavy atom. The van der Waals surface area contributed by atoms with E-state index < -0.39 is 0 Å². The van der Waals surface area contributed by atoms with Crippen LogP contribution in [0.25, 0.3) is 0 Å². The minimum absolute atomic E-state index is 0.354. The van der Waals surface area contributed by atoms with Crippen molar-refractivity contribution in [2.45, 2.75) is 39.2 Å². The standard InChI is InChI=1S/C17H28N4OS/c1-14-19-16(13-23-14)12-20-8-10-21(11-9-20)17(22)3-2-15-4-6-18-7-5-15/h13,15,18H,2-12H2,1H3. The number of carbonyl (C=O) groups excluding carboxylic acids is 1. The Morgan fingerprint density at radius 1 is 1.30 bits per heavy atom. The summed E-state index contributed by atoms with van der Waals surface area (Å²) in [6, 6.07) is 0. The summed E-state index contributed by atoms with van der Waals surface area (Å²) in [5.41, 5.74) is 1.16. The van der Waals surface area contributed by atoms with E-state index in [1.165, 1.54) is 12.8 Å². The molecule has 0 radical (unpaired) electrons. The smallest absolute Gasteiger partial charge is 0.222 e. The summed E-state index contributed by atoms with van der Waals surface area (Å²) in [5, 5.41) is 6.66. The molecular weight excluding hydrogens is 308 g/mol. The van der Waals surface area contributed by atoms with Gasteiger partial charge in [0.1, 0.15) is 0 Å². The van der Waals surface area contributed by atoms with Crippen molar-refractivity contribution in [3.8, 4) is 0 Å². The predicted octanol–water partition coefficient (Wildman–Crippen LogP) is 1.88. The van der Waals surface area contributed by atoms with Gasteiger partial charge in [0.15, 0.2) is 0 Å². The number of nitrogens with zero attached hydrogens (tertiary/aromatic N) is 3. The Balaban J connectivity index is 1.37. The maximum atomic E-state index is 12.4. The zero-order valence-corrected chi connectivity index (χ0v) is 14.9. The molecule has 1 aromatic rings. The Kier molecular flexibility index (Phi) is 6.02. The molecule has 1 aromatic heterocycles. The molecule has 1 N–H and O–H groups in total. The third-order valence-corrected chi connectivity index (χ3v) is 5.82. The molecule has 5 nitrogen and oxygen atoms in total. The summed E-state index contributed by atoms with van der Waals surface area (Å²) in [4.78, 5) is 21.4. The summed E-state index contributed by atoms with van der Waals surface area (Å²) in [6.45, 7) is 8.88. The summed E-state index contributed by atoms with van der Waals surface area (Å²) < 4.78 is 0. The van der Waals surface area contributed by atoms with Crippen LogP contribution in [0.4, 0.5) is 0 Å². The molecule has 2 aliphatic heterocycles. The average molecular weight is 337 g/mol. The van der Waals surface area contributed by atoms with Crippen LogP contribution in [0.5, 0.6) is 0 Å². The molecule has 0 saturated carbocycles. The Morgan fingerprint density at radius 2 is 2.04 bits per heavy atom. The zero-order valence-electron chi connectivity index (χ0n) is 14.1. The highest BCUT2D eigenvalue weighted by atomic mass is 32.1. The molecule has 2 fully saturated rings. The number of amides is 1. The summed E-state index contributed by atoms with van der Waals surface area (Å²) >= 11 is 1.71. The first-order valence-corrected chi connectivity index (χ1v) is 9.70. The highest BCUT2D eigenvalue weighted by molar-refractivity contribution is 7.09. The molecule has 23 heavy (non-hydrogen) atoms. The molecule has 0 bridgehead atoms. The first kappa shape index (κ1) is 16.9. The number of aryl methyl sites for hydroxylation is 1. The molecule has 0 unspecified atom stereocenters. The van der Waals surface area contributed by atoms with Crippen LogP contribution >= 0.6 is 11.3 Å². The van der Waals surface area contributed by atoms with Crippen molar-refractivity contribution in [3.05, 3.63) is 16.1 Å². The van der Waals surface area contributed by atoms with Crippen LogP contribution in [0, 0.1) is 12.8 Å². The molecular formula is C17H28N4OS. The van der Waals surface area contributed by atoms with Gasteiger partial charge in [-0.25, -0.2) is 4.98 Å². The molecule has 2 aliphatic rings. The minimum atomic E-state index is 0.354. The van der Waals surface area contributed by atoms with E-state index >= 15 is 0 Å². The van der Waals surface area contributed by atoms with E-state index in [4.69, 9.17) is 0 Å². The van der Waals surface area contributed by atoms with E-state index in [0.29, 0.717) is 5.91 Å². The van der Waals surface area contributed by atoms with Crippen LogP contribution in [0.2, 0.25) is 0 Å². The van der Waals surface area contributed by atoms with Gasteiger partial charge in [0.25, 0.3) is 0 Å². The van der Waals surface area contributed by atoms with Crippen LogP contribution in [0.1, 0.15) is 36.4 Å². The number of piperidine rings is 1. The normalized spacial score (nSPS) is 20.8. The van der Waals surface area contributed by atoms with E-state index in [2.05, 4.69) is 25.5 Å². The molecule has 6 heteroatoms. The van der Waals surface area contributed by atoms with Gasteiger partial charge in [0, 0.05) is 44.5 Å². The van der Waals surface area contributed by atoms with E-state index in [1.54, 1.807) is 11.3 Å². The van der Waals surface area contributed by atoms with Gasteiger partial charge in [-0.1, -0.05) is 0 Å². The monoisotopic (exact) mass is 336 g/mol. The van der Waals surface area contributed by atoms with Crippen molar-refractivity contribution in [2.24, 2.45) is 5.92 Å². The molecule has 3 rings (SSSR count). The molecule has 2 saturated heterocycles. The molecule has 3 heterocycles. The van der Waals surface area contributed by atoms with E-state index in [-0.39, 0.29) is 0 Å². The maximum absolute atomic E-state index is 12.4. The Bertz CT molecular complexity index is 504. The quantitative estimate of drug-likeness (QED) is 0.892. The number of nitrogens with one attached hydrogen (secondary N) is 1. The number of hydrogen-bond donors (Lipinski definition) is 1. The molecule has 128 valence electrons. The lowest BCUT2D eigenvalue weighted by molar-refractivity contribution is -0.133. The lowest BCUT2D eigenvalue weighted by Crippen LogP contribution is -2.48. The number of thiazole rings is 1. The number of hydrogen-bond acceptors (Lipinski definition) is 5. The van der Waals surface area contributed by atoms with Crippen LogP contribution < -0.4 is 5.32 Å². The Hall–Kier alpha value is -0.980. The number of rotatable bonds is 5. The highest BCUT2D eigenvalue weighted by Crippen LogP contribution is 2.19. The van der Waals surface area contributed by atoms with Crippen molar-refractivity contribution in [2.75, 3.05) is 39.3 Å². The number of aromatic nitrogens is 1. The highest BCUT2D eigenvalue weighted by Gasteiger charge is 2.22. The second kappa shape index (κ2) is 8.22. The van der Waals surface area contributed by atoms with Gasteiger partial charge in [-0.05, 0) is 45.2 Å². The average Bonchev–Trinajstić information content (AvgIpc) is 2.99. The van der Waals surface area contributed by atoms with E-state index in [9.17, 15) is 4.79 Å². The fourth-order valence-corrected chi connectivity index (χ4v) is 4.13. The van der Waals surface area contributed by atoms with Gasteiger partial charge in [0.2, 0.25) is 5.91 Å². The van der Waals surface area contributed by atoms with Gasteiger partial charge >= 0.3 is 0 Å². The molecule has 0 aliphatic carbocycles. The van der Waals surface area contributed by atoms with Crippen molar-refractivity contribution in [1.82, 2.24) is 20.1 Å². The van der Waals surface area contributed by atoms with E-state index in [1.807, 2.05) is 6.92 Å². The summed E-state index contributed by atoms with van der Waals surface area (Å²) in [7, 11) is 0. The minimum Gasteiger partial charge on any atom is -0.340 e. The van der Waals surface area contributed by atoms with Crippen molar-refractivity contribution < 1.29 is 4.79 Å². The maximum Gasteiger partial charge on any atom is 0.222 e. The third-order valence-electron chi connectivity index (χ3n) is 5.00. The number of carbonyl (C=O) groups is 1. The van der Waals surface area contributed by atoms with Crippen LogP contribution in [0.3, 0.4) is 0 Å². The SMILES string of the molecule is Cc1nc(CN2CCN(C(=O)CCC3CCNCC3)CC2)cs1. The van der Waals surface area contributed by atoms with Gasteiger partial charge in [-0.15, -0.1) is 11.3 Å². The lowest BCUT2D eigenvalue weighted by atomic mass is 9.93. The largest absolute Gasteiger partial charge is 0.340 e. The molecule has 0 atom stereocenters. The first-order valence-electron chi connectivity index (χ1n) is 8.82. The summed E-state index contributed by atoms with van der Waals surface area (Å²) in [5.74, 6) is 1.10. The topological polar surface area (TPSA) is 48.5 Å². The second-order valence-corrected chi connectivity index (χ2v) is 7.81. The molecule has 0 aromatic carbocycles. The summed E-state index contributed by atoms with van der Waals surface area (Å²) in [6.07, 6.45) is 4.26. The van der Waals surface area contributed by atoms with Crippen molar-refractivity contribution >= 4 is 17.2 Å². The van der Waals surface area contributed by atoms with Crippen molar-refractivity contribution in [3.63, 3.8) is 0 Å². The fraction of sp³-hybridized carbons (Fsp3) is 0.765. The van der Waals surface area contributed by atoms with Gasteiger partial charge in [-0.2, -0.15) is 0 Å². The molecule has 1 amide bonds.